The summed E-state index contributed by atoms with van der Waals surface area (Å²) in [4.78, 5) is 19.0. The van der Waals surface area contributed by atoms with E-state index in [1.54, 1.807) is 24.5 Å². The fraction of sp³-hybridized carbons (Fsp3) is 0.478. The zero-order valence-electron chi connectivity index (χ0n) is 15.9. The first-order valence-corrected chi connectivity index (χ1v) is 10.1. The van der Waals surface area contributed by atoms with Crippen LogP contribution in [0.4, 0.5) is 0 Å². The van der Waals surface area contributed by atoms with Crippen molar-refractivity contribution < 1.29 is 9.53 Å². The molecule has 2 aromatic rings. The number of esters is 1. The molecule has 0 radical (unpaired) electrons. The number of aromatic nitrogens is 1. The van der Waals surface area contributed by atoms with Crippen LogP contribution in [0.1, 0.15) is 53.6 Å². The van der Waals surface area contributed by atoms with Gasteiger partial charge >= 0.3 is 5.97 Å². The third-order valence-electron chi connectivity index (χ3n) is 7.19. The number of hydrogen-bond donors (Lipinski definition) is 0. The average molecular weight is 362 g/mol. The van der Waals surface area contributed by atoms with Crippen molar-refractivity contribution in [2.45, 2.75) is 50.0 Å². The van der Waals surface area contributed by atoms with E-state index in [4.69, 9.17) is 4.74 Å². The highest BCUT2D eigenvalue weighted by atomic mass is 16.5. The zero-order chi connectivity index (χ0) is 18.4. The Morgan fingerprint density at radius 3 is 3.04 bits per heavy atom. The number of ether oxygens (including phenoxy) is 1. The van der Waals surface area contributed by atoms with Gasteiger partial charge in [0.1, 0.15) is 5.75 Å². The van der Waals surface area contributed by atoms with Crippen LogP contribution >= 0.6 is 0 Å². The fourth-order valence-corrected chi connectivity index (χ4v) is 5.89. The standard InChI is InChI=1S/C23H26N2O2/c1-25-12-10-23-9-3-2-6-19(23)21(25)13-16-7-8-18(14-20(16)23)27-22(26)17-5-4-11-24-15-17/h4-5,7-8,11,14-15,19,21H,2-3,6,9-10,12-13H2,1H3/t19-,21-,23-/m0/s1. The summed E-state index contributed by atoms with van der Waals surface area (Å²) in [5, 5.41) is 0. The van der Waals surface area contributed by atoms with E-state index < -0.39 is 0 Å². The largest absolute Gasteiger partial charge is 0.423 e. The molecule has 1 aliphatic heterocycles. The lowest BCUT2D eigenvalue weighted by Crippen LogP contribution is -2.59. The Morgan fingerprint density at radius 1 is 1.26 bits per heavy atom. The second kappa shape index (κ2) is 6.45. The highest BCUT2D eigenvalue weighted by Gasteiger charge is 2.53. The topological polar surface area (TPSA) is 42.4 Å². The van der Waals surface area contributed by atoms with E-state index in [-0.39, 0.29) is 11.4 Å². The molecule has 3 atom stereocenters. The number of carbonyl (C=O) groups excluding carboxylic acids is 1. The van der Waals surface area contributed by atoms with Gasteiger partial charge < -0.3 is 9.64 Å². The molecular formula is C23H26N2O2. The van der Waals surface area contributed by atoms with Gasteiger partial charge in [-0.25, -0.2) is 4.79 Å². The summed E-state index contributed by atoms with van der Waals surface area (Å²) in [5.41, 5.74) is 3.67. The van der Waals surface area contributed by atoms with Gasteiger partial charge in [-0.3, -0.25) is 4.98 Å². The summed E-state index contributed by atoms with van der Waals surface area (Å²) in [7, 11) is 2.29. The molecule has 2 heterocycles. The van der Waals surface area contributed by atoms with Crippen molar-refractivity contribution in [2.75, 3.05) is 13.6 Å². The summed E-state index contributed by atoms with van der Waals surface area (Å²) in [6.45, 7) is 1.17. The predicted octanol–water partition coefficient (Wildman–Crippen LogP) is 3.99. The van der Waals surface area contributed by atoms with Crippen molar-refractivity contribution in [1.29, 1.82) is 0 Å². The number of benzene rings is 1. The molecule has 5 rings (SSSR count). The summed E-state index contributed by atoms with van der Waals surface area (Å²) in [5.74, 6) is 1.07. The van der Waals surface area contributed by atoms with E-state index in [1.165, 1.54) is 49.8 Å². The Labute approximate surface area is 160 Å². The van der Waals surface area contributed by atoms with Crippen molar-refractivity contribution in [1.82, 2.24) is 9.88 Å². The third-order valence-corrected chi connectivity index (χ3v) is 7.19. The number of hydrogen-bond acceptors (Lipinski definition) is 4. The molecule has 1 aromatic heterocycles. The highest BCUT2D eigenvalue weighted by Crippen LogP contribution is 2.55. The molecule has 4 heteroatoms. The van der Waals surface area contributed by atoms with E-state index in [1.807, 2.05) is 6.07 Å². The molecule has 0 N–H and O–H groups in total. The lowest BCUT2D eigenvalue weighted by molar-refractivity contribution is 0.00271. The maximum absolute atomic E-state index is 12.5. The number of rotatable bonds is 2. The molecule has 2 bridgehead atoms. The fourth-order valence-electron chi connectivity index (χ4n) is 5.89. The molecule has 4 nitrogen and oxygen atoms in total. The Bertz CT molecular complexity index is 866. The Hall–Kier alpha value is -2.20. The molecule has 3 aliphatic rings. The van der Waals surface area contributed by atoms with Gasteiger partial charge in [0.25, 0.3) is 0 Å². The van der Waals surface area contributed by atoms with Crippen molar-refractivity contribution in [3.05, 3.63) is 59.4 Å². The number of fused-ring (bicyclic) bond motifs is 1. The molecule has 0 spiro atoms. The van der Waals surface area contributed by atoms with Crippen molar-refractivity contribution in [2.24, 2.45) is 5.92 Å². The highest BCUT2D eigenvalue weighted by molar-refractivity contribution is 5.90. The number of likely N-dealkylation sites (tertiary alicyclic amines) is 1. The lowest BCUT2D eigenvalue weighted by atomic mass is 9.52. The molecule has 0 amide bonds. The third kappa shape index (κ3) is 2.69. The van der Waals surface area contributed by atoms with E-state index in [0.717, 1.165) is 12.3 Å². The quantitative estimate of drug-likeness (QED) is 0.598. The van der Waals surface area contributed by atoms with Crippen molar-refractivity contribution in [3.63, 3.8) is 0 Å². The van der Waals surface area contributed by atoms with Crippen LogP contribution in [0.25, 0.3) is 0 Å². The van der Waals surface area contributed by atoms with Crippen LogP contribution in [0.15, 0.2) is 42.7 Å². The smallest absolute Gasteiger partial charge is 0.345 e. The minimum absolute atomic E-state index is 0.278. The van der Waals surface area contributed by atoms with Crippen LogP contribution in [0.3, 0.4) is 0 Å². The predicted molar refractivity (Wildman–Crippen MR) is 104 cm³/mol. The van der Waals surface area contributed by atoms with E-state index in [9.17, 15) is 4.79 Å². The number of nitrogens with zero attached hydrogens (tertiary/aromatic N) is 2. The molecule has 0 unspecified atom stereocenters. The molecule has 1 saturated heterocycles. The maximum Gasteiger partial charge on any atom is 0.345 e. The lowest BCUT2D eigenvalue weighted by Gasteiger charge is -2.58. The Kier molecular flexibility index (Phi) is 4.05. The zero-order valence-corrected chi connectivity index (χ0v) is 15.9. The molecule has 1 aromatic carbocycles. The summed E-state index contributed by atoms with van der Waals surface area (Å²) in [6, 6.07) is 10.5. The van der Waals surface area contributed by atoms with Crippen LogP contribution < -0.4 is 4.74 Å². The first-order chi connectivity index (χ1) is 13.2. The summed E-state index contributed by atoms with van der Waals surface area (Å²) in [6.07, 6.45) is 10.8. The summed E-state index contributed by atoms with van der Waals surface area (Å²) >= 11 is 0. The molecule has 2 fully saturated rings. The van der Waals surface area contributed by atoms with Gasteiger partial charge in [-0.15, -0.1) is 0 Å². The Balaban J connectivity index is 1.50. The van der Waals surface area contributed by atoms with Gasteiger partial charge in [0.2, 0.25) is 0 Å². The molecule has 27 heavy (non-hydrogen) atoms. The first-order valence-electron chi connectivity index (χ1n) is 10.1. The van der Waals surface area contributed by atoms with E-state index in [0.29, 0.717) is 17.4 Å². The van der Waals surface area contributed by atoms with Crippen LogP contribution in [0.2, 0.25) is 0 Å². The monoisotopic (exact) mass is 362 g/mol. The molecule has 2 aliphatic carbocycles. The maximum atomic E-state index is 12.5. The summed E-state index contributed by atoms with van der Waals surface area (Å²) < 4.78 is 5.71. The molecular weight excluding hydrogens is 336 g/mol. The number of pyridine rings is 1. The second-order valence-corrected chi connectivity index (χ2v) is 8.46. The van der Waals surface area contributed by atoms with Crippen LogP contribution in [-0.4, -0.2) is 35.5 Å². The van der Waals surface area contributed by atoms with Gasteiger partial charge in [0, 0.05) is 23.9 Å². The first kappa shape index (κ1) is 16.9. The van der Waals surface area contributed by atoms with Gasteiger partial charge in [-0.1, -0.05) is 18.9 Å². The van der Waals surface area contributed by atoms with Crippen molar-refractivity contribution in [3.8, 4) is 5.75 Å². The molecule has 140 valence electrons. The van der Waals surface area contributed by atoms with Gasteiger partial charge in [0.15, 0.2) is 0 Å². The second-order valence-electron chi connectivity index (χ2n) is 8.46. The Morgan fingerprint density at radius 2 is 2.19 bits per heavy atom. The van der Waals surface area contributed by atoms with Gasteiger partial charge in [-0.05, 0) is 80.6 Å². The minimum atomic E-state index is -0.335. The number of piperidine rings is 1. The van der Waals surface area contributed by atoms with Gasteiger partial charge in [0.05, 0.1) is 5.56 Å². The average Bonchev–Trinajstić information content (AvgIpc) is 2.71. The van der Waals surface area contributed by atoms with Crippen LogP contribution in [-0.2, 0) is 11.8 Å². The SMILES string of the molecule is CN1CC[C@@]23CCCC[C@H]2[C@@H]1Cc1ccc(OC(=O)c2cccnc2)cc13. The van der Waals surface area contributed by atoms with Gasteiger partial charge in [-0.2, -0.15) is 0 Å². The van der Waals surface area contributed by atoms with Crippen molar-refractivity contribution >= 4 is 5.97 Å². The minimum Gasteiger partial charge on any atom is -0.423 e. The normalized spacial score (nSPS) is 29.5. The number of likely N-dealkylation sites (N-methyl/N-ethyl adjacent to an activating group) is 1. The molecule has 1 saturated carbocycles. The van der Waals surface area contributed by atoms with Crippen LogP contribution in [0, 0.1) is 5.92 Å². The number of carbonyl (C=O) groups is 1. The van der Waals surface area contributed by atoms with Crippen LogP contribution in [0.5, 0.6) is 5.75 Å². The van der Waals surface area contributed by atoms with E-state index in [2.05, 4.69) is 29.1 Å². The van der Waals surface area contributed by atoms with E-state index >= 15 is 0 Å².